The zero-order valence-electron chi connectivity index (χ0n) is 22.5. The average molecular weight is 518 g/mol. The van der Waals surface area contributed by atoms with Crippen LogP contribution < -0.4 is 19.1 Å². The summed E-state index contributed by atoms with van der Waals surface area (Å²) in [6.45, 7) is 2.07. The molecule has 38 heavy (non-hydrogen) atoms. The number of nitrogens with zero attached hydrogens (tertiary/aromatic N) is 3. The molecule has 1 heterocycles. The minimum absolute atomic E-state index is 0.0215. The highest BCUT2D eigenvalue weighted by atomic mass is 16.5. The molecule has 3 aromatic rings. The molecule has 0 spiro atoms. The van der Waals surface area contributed by atoms with E-state index in [0.29, 0.717) is 49.9 Å². The zero-order chi connectivity index (χ0) is 27.1. The van der Waals surface area contributed by atoms with E-state index in [2.05, 4.69) is 0 Å². The Bertz CT molecular complexity index is 1260. The predicted molar refractivity (Wildman–Crippen MR) is 147 cm³/mol. The van der Waals surface area contributed by atoms with Gasteiger partial charge < -0.3 is 24.0 Å². The summed E-state index contributed by atoms with van der Waals surface area (Å²) in [5.41, 5.74) is 3.57. The van der Waals surface area contributed by atoms with Crippen molar-refractivity contribution in [2.75, 3.05) is 46.3 Å². The number of methoxy groups -OCH3 is 2. The van der Waals surface area contributed by atoms with Crippen LogP contribution in [0.4, 0.5) is 10.5 Å². The number of benzene rings is 3. The van der Waals surface area contributed by atoms with Crippen molar-refractivity contribution >= 4 is 17.6 Å². The Balaban J connectivity index is 1.49. The van der Waals surface area contributed by atoms with Gasteiger partial charge in [0.2, 0.25) is 5.91 Å². The third-order valence-electron chi connectivity index (χ3n) is 6.57. The topological polar surface area (TPSA) is 71.6 Å². The van der Waals surface area contributed by atoms with E-state index >= 15 is 0 Å². The number of hydrogen-bond acceptors (Lipinski definition) is 5. The maximum absolute atomic E-state index is 13.6. The van der Waals surface area contributed by atoms with E-state index in [1.807, 2.05) is 71.6 Å². The van der Waals surface area contributed by atoms with Gasteiger partial charge in [-0.05, 0) is 35.7 Å². The lowest BCUT2D eigenvalue weighted by molar-refractivity contribution is -0.127. The first-order valence-electron chi connectivity index (χ1n) is 12.7. The minimum atomic E-state index is -0.0793. The molecule has 0 saturated carbocycles. The van der Waals surface area contributed by atoms with Gasteiger partial charge >= 0.3 is 6.03 Å². The number of rotatable bonds is 10. The van der Waals surface area contributed by atoms with E-state index in [4.69, 9.17) is 14.2 Å². The van der Waals surface area contributed by atoms with E-state index in [9.17, 15) is 9.59 Å². The smallest absolute Gasteiger partial charge is 0.324 e. The Hall–Kier alpha value is -4.20. The van der Waals surface area contributed by atoms with Crippen LogP contribution in [0.2, 0.25) is 0 Å². The van der Waals surface area contributed by atoms with Gasteiger partial charge in [0.25, 0.3) is 0 Å². The Labute approximate surface area is 224 Å². The Morgan fingerprint density at radius 3 is 2.34 bits per heavy atom. The molecule has 0 unspecified atom stereocenters. The zero-order valence-corrected chi connectivity index (χ0v) is 22.5. The SMILES string of the molecule is COc1cc(CC(=O)N(C)C)ccc1CN1CCCN(c2ccc(OC)c(OCc3ccccc3)c2)C1=O. The normalized spacial score (nSPS) is 13.3. The number of urea groups is 1. The number of amides is 3. The third-order valence-corrected chi connectivity index (χ3v) is 6.57. The first kappa shape index (κ1) is 26.9. The van der Waals surface area contributed by atoms with Gasteiger partial charge in [-0.25, -0.2) is 4.79 Å². The van der Waals surface area contributed by atoms with Gasteiger partial charge in [-0.2, -0.15) is 0 Å². The number of ether oxygens (including phenoxy) is 3. The lowest BCUT2D eigenvalue weighted by Gasteiger charge is -2.36. The van der Waals surface area contributed by atoms with Gasteiger partial charge in [-0.1, -0.05) is 42.5 Å². The van der Waals surface area contributed by atoms with Gasteiger partial charge in [0.1, 0.15) is 12.4 Å². The van der Waals surface area contributed by atoms with Crippen molar-refractivity contribution in [2.24, 2.45) is 0 Å². The van der Waals surface area contributed by atoms with Crippen LogP contribution in [0.3, 0.4) is 0 Å². The quantitative estimate of drug-likeness (QED) is 0.388. The van der Waals surface area contributed by atoms with Gasteiger partial charge in [-0.3, -0.25) is 9.69 Å². The fraction of sp³-hybridized carbons (Fsp3) is 0.333. The van der Waals surface area contributed by atoms with Crippen molar-refractivity contribution < 1.29 is 23.8 Å². The van der Waals surface area contributed by atoms with Crippen molar-refractivity contribution in [2.45, 2.75) is 26.0 Å². The minimum Gasteiger partial charge on any atom is -0.496 e. The van der Waals surface area contributed by atoms with Gasteiger partial charge in [0.15, 0.2) is 11.5 Å². The summed E-state index contributed by atoms with van der Waals surface area (Å²) in [5, 5.41) is 0. The van der Waals surface area contributed by atoms with Crippen molar-refractivity contribution in [3.8, 4) is 17.2 Å². The average Bonchev–Trinajstić information content (AvgIpc) is 2.94. The highest BCUT2D eigenvalue weighted by molar-refractivity contribution is 5.93. The van der Waals surface area contributed by atoms with E-state index in [1.54, 1.807) is 38.1 Å². The molecule has 3 amide bonds. The molecule has 0 N–H and O–H groups in total. The largest absolute Gasteiger partial charge is 0.496 e. The van der Waals surface area contributed by atoms with E-state index < -0.39 is 0 Å². The van der Waals surface area contributed by atoms with E-state index in [-0.39, 0.29) is 11.9 Å². The molecule has 0 radical (unpaired) electrons. The number of anilines is 1. The van der Waals surface area contributed by atoms with Crippen LogP contribution in [0.5, 0.6) is 17.2 Å². The fourth-order valence-electron chi connectivity index (χ4n) is 4.42. The highest BCUT2D eigenvalue weighted by Crippen LogP contribution is 2.34. The van der Waals surface area contributed by atoms with Crippen molar-refractivity contribution in [1.82, 2.24) is 9.80 Å². The highest BCUT2D eigenvalue weighted by Gasteiger charge is 2.28. The molecular weight excluding hydrogens is 482 g/mol. The first-order valence-corrected chi connectivity index (χ1v) is 12.7. The summed E-state index contributed by atoms with van der Waals surface area (Å²) in [6.07, 6.45) is 1.13. The lowest BCUT2D eigenvalue weighted by Crippen LogP contribution is -2.49. The monoisotopic (exact) mass is 517 g/mol. The lowest BCUT2D eigenvalue weighted by atomic mass is 10.1. The molecule has 200 valence electrons. The molecule has 1 saturated heterocycles. The summed E-state index contributed by atoms with van der Waals surface area (Å²) in [7, 11) is 6.69. The second-order valence-electron chi connectivity index (χ2n) is 9.43. The molecule has 4 rings (SSSR count). The summed E-state index contributed by atoms with van der Waals surface area (Å²) in [4.78, 5) is 30.8. The molecule has 3 aromatic carbocycles. The number of carbonyl (C=O) groups excluding carboxylic acids is 2. The molecule has 0 aromatic heterocycles. The van der Waals surface area contributed by atoms with Crippen molar-refractivity contribution in [3.63, 3.8) is 0 Å². The summed E-state index contributed by atoms with van der Waals surface area (Å²) in [6, 6.07) is 21.1. The van der Waals surface area contributed by atoms with E-state index in [0.717, 1.165) is 28.8 Å². The Morgan fingerprint density at radius 1 is 0.868 bits per heavy atom. The number of carbonyl (C=O) groups is 2. The van der Waals surface area contributed by atoms with E-state index in [1.165, 1.54) is 0 Å². The Kier molecular flexibility index (Phi) is 8.73. The number of likely N-dealkylation sites (N-methyl/N-ethyl adjacent to an activating group) is 1. The van der Waals surface area contributed by atoms with Gasteiger partial charge in [0.05, 0.1) is 27.2 Å². The standard InChI is InChI=1S/C30H35N3O5/c1-31(2)29(34)18-23-11-12-24(27(17-23)37-4)20-32-15-8-16-33(30(32)35)25-13-14-26(36-3)28(19-25)38-21-22-9-6-5-7-10-22/h5-7,9-14,17,19H,8,15-16,18,20-21H2,1-4H3. The summed E-state index contributed by atoms with van der Waals surface area (Å²) < 4.78 is 17.2. The number of hydrogen-bond donors (Lipinski definition) is 0. The van der Waals surface area contributed by atoms with Crippen LogP contribution in [0, 0.1) is 0 Å². The maximum atomic E-state index is 13.6. The van der Waals surface area contributed by atoms with Gasteiger partial charge in [-0.15, -0.1) is 0 Å². The van der Waals surface area contributed by atoms with Crippen molar-refractivity contribution in [1.29, 1.82) is 0 Å². The van der Waals surface area contributed by atoms with Crippen molar-refractivity contribution in [3.05, 3.63) is 83.4 Å². The first-order chi connectivity index (χ1) is 18.4. The molecule has 8 nitrogen and oxygen atoms in total. The van der Waals surface area contributed by atoms with Crippen LogP contribution in [0.25, 0.3) is 0 Å². The second kappa shape index (κ2) is 12.4. The summed E-state index contributed by atoms with van der Waals surface area (Å²) in [5.74, 6) is 1.89. The second-order valence-corrected chi connectivity index (χ2v) is 9.43. The van der Waals surface area contributed by atoms with Crippen LogP contribution in [0.15, 0.2) is 66.7 Å². The van der Waals surface area contributed by atoms with Crippen LogP contribution >= 0.6 is 0 Å². The van der Waals surface area contributed by atoms with Crippen LogP contribution in [0.1, 0.15) is 23.1 Å². The molecule has 0 atom stereocenters. The maximum Gasteiger partial charge on any atom is 0.324 e. The van der Waals surface area contributed by atoms with Gasteiger partial charge in [0, 0.05) is 44.5 Å². The fourth-order valence-corrected chi connectivity index (χ4v) is 4.42. The molecule has 1 aliphatic rings. The van der Waals surface area contributed by atoms with Crippen LogP contribution in [-0.2, 0) is 24.4 Å². The molecule has 8 heteroatoms. The predicted octanol–water partition coefficient (Wildman–Crippen LogP) is 4.75. The Morgan fingerprint density at radius 2 is 1.63 bits per heavy atom. The molecular formula is C30H35N3O5. The summed E-state index contributed by atoms with van der Waals surface area (Å²) >= 11 is 0. The molecule has 0 aliphatic carbocycles. The molecule has 0 bridgehead atoms. The van der Waals surface area contributed by atoms with Crippen LogP contribution in [-0.4, -0.2) is 63.1 Å². The molecule has 1 aliphatic heterocycles. The molecule has 1 fully saturated rings. The third kappa shape index (κ3) is 6.37.